The molecule has 0 bridgehead atoms. The third-order valence-electron chi connectivity index (χ3n) is 6.99. The van der Waals surface area contributed by atoms with Gasteiger partial charge < -0.3 is 10.2 Å². The van der Waals surface area contributed by atoms with Crippen LogP contribution in [0.2, 0.25) is 0 Å². The van der Waals surface area contributed by atoms with E-state index < -0.39 is 0 Å². The predicted octanol–water partition coefficient (Wildman–Crippen LogP) is 8.91. The van der Waals surface area contributed by atoms with Crippen molar-refractivity contribution in [1.82, 2.24) is 0 Å². The van der Waals surface area contributed by atoms with Crippen LogP contribution in [0.3, 0.4) is 0 Å². The Hall–Kier alpha value is -4.04. The maximum atomic E-state index is 3.91. The third-order valence-corrected chi connectivity index (χ3v) is 6.99. The molecule has 0 spiro atoms. The highest BCUT2D eigenvalue weighted by Crippen LogP contribution is 2.41. The molecule has 0 saturated heterocycles. The van der Waals surface area contributed by atoms with Gasteiger partial charge in [-0.05, 0) is 75.7 Å². The zero-order chi connectivity index (χ0) is 25.1. The van der Waals surface area contributed by atoms with E-state index in [1.807, 2.05) is 0 Å². The van der Waals surface area contributed by atoms with Crippen LogP contribution in [-0.2, 0) is 5.54 Å². The van der Waals surface area contributed by atoms with Crippen LogP contribution in [0.15, 0.2) is 121 Å². The van der Waals surface area contributed by atoms with E-state index in [1.54, 1.807) is 0 Å². The molecule has 0 aromatic heterocycles. The van der Waals surface area contributed by atoms with Crippen molar-refractivity contribution in [3.05, 3.63) is 149 Å². The average Bonchev–Trinajstić information content (AvgIpc) is 2.88. The molecule has 0 amide bonds. The van der Waals surface area contributed by atoms with E-state index in [0.29, 0.717) is 0 Å². The highest BCUT2D eigenvalue weighted by Gasteiger charge is 2.34. The minimum Gasteiger partial charge on any atom is -0.372 e. The van der Waals surface area contributed by atoms with Crippen LogP contribution in [0.25, 0.3) is 0 Å². The Balaban J connectivity index is 1.60. The largest absolute Gasteiger partial charge is 0.372 e. The fourth-order valence-corrected chi connectivity index (χ4v) is 4.85. The van der Waals surface area contributed by atoms with Crippen molar-refractivity contribution in [1.29, 1.82) is 0 Å². The summed E-state index contributed by atoms with van der Waals surface area (Å²) in [5.74, 6) is 0. The van der Waals surface area contributed by atoms with Gasteiger partial charge >= 0.3 is 0 Å². The lowest BCUT2D eigenvalue weighted by atomic mass is 9.81. The van der Waals surface area contributed by atoms with E-state index in [0.717, 1.165) is 12.1 Å². The van der Waals surface area contributed by atoms with Crippen molar-refractivity contribution in [2.24, 2.45) is 0 Å². The quantitative estimate of drug-likeness (QED) is 0.303. The molecule has 2 nitrogen and oxygen atoms in total. The Morgan fingerprint density at radius 1 is 0.583 bits per heavy atom. The second kappa shape index (κ2) is 9.91. The number of hydrogen-bond acceptors (Lipinski definition) is 2. The normalized spacial score (nSPS) is 16.9. The van der Waals surface area contributed by atoms with Crippen LogP contribution < -0.4 is 10.2 Å². The minimum atomic E-state index is -0.374. The van der Waals surface area contributed by atoms with Crippen molar-refractivity contribution < 1.29 is 0 Å². The van der Waals surface area contributed by atoms with Crippen molar-refractivity contribution in [2.45, 2.75) is 39.7 Å². The number of allylic oxidation sites excluding steroid dienone is 2. The number of rotatable bonds is 6. The van der Waals surface area contributed by atoms with Crippen LogP contribution in [0.1, 0.15) is 34.2 Å². The van der Waals surface area contributed by atoms with Crippen LogP contribution >= 0.6 is 0 Å². The van der Waals surface area contributed by atoms with Crippen molar-refractivity contribution in [3.8, 4) is 0 Å². The molecule has 5 rings (SSSR count). The van der Waals surface area contributed by atoms with Crippen molar-refractivity contribution in [3.63, 3.8) is 0 Å². The van der Waals surface area contributed by atoms with E-state index in [2.05, 4.69) is 153 Å². The maximum absolute atomic E-state index is 3.91. The Morgan fingerprint density at radius 3 is 1.53 bits per heavy atom. The number of aryl methyl sites for hydroxylation is 4. The van der Waals surface area contributed by atoms with Crippen LogP contribution in [0.4, 0.5) is 17.1 Å². The van der Waals surface area contributed by atoms with Gasteiger partial charge in [0.2, 0.25) is 0 Å². The van der Waals surface area contributed by atoms with E-state index in [4.69, 9.17) is 0 Å². The molecule has 0 saturated carbocycles. The minimum absolute atomic E-state index is 0.374. The van der Waals surface area contributed by atoms with Gasteiger partial charge in [-0.3, -0.25) is 0 Å². The van der Waals surface area contributed by atoms with Gasteiger partial charge in [0.1, 0.15) is 0 Å². The monoisotopic (exact) mass is 470 g/mol. The zero-order valence-electron chi connectivity index (χ0n) is 21.6. The molecule has 4 aromatic rings. The molecule has 180 valence electrons. The highest BCUT2D eigenvalue weighted by molar-refractivity contribution is 5.70. The second-order valence-corrected chi connectivity index (χ2v) is 10.0. The number of anilines is 3. The van der Waals surface area contributed by atoms with Gasteiger partial charge in [0.15, 0.2) is 0 Å². The Bertz CT molecular complexity index is 1330. The van der Waals surface area contributed by atoms with Gasteiger partial charge in [0, 0.05) is 29.2 Å². The number of benzene rings is 4. The first-order chi connectivity index (χ1) is 17.4. The molecule has 1 N–H and O–H groups in total. The van der Waals surface area contributed by atoms with Crippen molar-refractivity contribution >= 4 is 17.1 Å². The summed E-state index contributed by atoms with van der Waals surface area (Å²) in [6, 6.07) is 35.2. The summed E-state index contributed by atoms with van der Waals surface area (Å²) in [5.41, 5.74) is 10.6. The number of hydrogen-bond donors (Lipinski definition) is 1. The SMILES string of the molecule is Cc1ccc(NC2(c3ccc(C)cc3)C=CC=C(N(c3ccc(C)cc3)c3ccc(C)cc3)C2)cc1. The first-order valence-electron chi connectivity index (χ1n) is 12.7. The fraction of sp³-hybridized carbons (Fsp3) is 0.176. The number of nitrogens with zero attached hydrogens (tertiary/aromatic N) is 1. The van der Waals surface area contributed by atoms with Gasteiger partial charge in [-0.2, -0.15) is 0 Å². The first-order valence-corrected chi connectivity index (χ1v) is 12.7. The number of nitrogens with one attached hydrogen (secondary N) is 1. The lowest BCUT2D eigenvalue weighted by Crippen LogP contribution is -2.37. The Kier molecular flexibility index (Phi) is 6.52. The Morgan fingerprint density at radius 2 is 1.03 bits per heavy atom. The molecule has 36 heavy (non-hydrogen) atoms. The zero-order valence-corrected chi connectivity index (χ0v) is 21.6. The van der Waals surface area contributed by atoms with Crippen LogP contribution in [-0.4, -0.2) is 0 Å². The molecule has 1 unspecified atom stereocenters. The summed E-state index contributed by atoms with van der Waals surface area (Å²) in [5, 5.41) is 3.91. The van der Waals surface area contributed by atoms with Gasteiger partial charge in [0.05, 0.1) is 5.54 Å². The first kappa shape index (κ1) is 23.7. The topological polar surface area (TPSA) is 15.3 Å². The van der Waals surface area contributed by atoms with Gasteiger partial charge in [-0.1, -0.05) is 95.1 Å². The van der Waals surface area contributed by atoms with Gasteiger partial charge in [-0.25, -0.2) is 0 Å². The molecule has 1 aliphatic rings. The average molecular weight is 471 g/mol. The van der Waals surface area contributed by atoms with Crippen LogP contribution in [0, 0.1) is 27.7 Å². The Labute approximate surface area is 215 Å². The molecule has 0 aliphatic heterocycles. The molecule has 2 heteroatoms. The predicted molar refractivity (Wildman–Crippen MR) is 154 cm³/mol. The highest BCUT2D eigenvalue weighted by atomic mass is 15.2. The third kappa shape index (κ3) is 4.99. The smallest absolute Gasteiger partial charge is 0.0867 e. The van der Waals surface area contributed by atoms with E-state index in [9.17, 15) is 0 Å². The molecule has 0 radical (unpaired) electrons. The van der Waals surface area contributed by atoms with Crippen LogP contribution in [0.5, 0.6) is 0 Å². The summed E-state index contributed by atoms with van der Waals surface area (Å²) in [4.78, 5) is 2.39. The summed E-state index contributed by atoms with van der Waals surface area (Å²) in [6.07, 6.45) is 7.57. The summed E-state index contributed by atoms with van der Waals surface area (Å²) >= 11 is 0. The van der Waals surface area contributed by atoms with Gasteiger partial charge in [-0.15, -0.1) is 0 Å². The van der Waals surface area contributed by atoms with E-state index in [-0.39, 0.29) is 5.54 Å². The maximum Gasteiger partial charge on any atom is 0.0867 e. The lowest BCUT2D eigenvalue weighted by molar-refractivity contribution is 0.592. The molecule has 1 atom stereocenters. The summed E-state index contributed by atoms with van der Waals surface area (Å²) < 4.78 is 0. The van der Waals surface area contributed by atoms with Crippen molar-refractivity contribution in [2.75, 3.05) is 10.2 Å². The summed E-state index contributed by atoms with van der Waals surface area (Å²) in [7, 11) is 0. The molecule has 1 aliphatic carbocycles. The molecular weight excluding hydrogens is 436 g/mol. The second-order valence-electron chi connectivity index (χ2n) is 10.0. The molecule has 4 aromatic carbocycles. The molecule has 0 heterocycles. The van der Waals surface area contributed by atoms with E-state index >= 15 is 0 Å². The lowest BCUT2D eigenvalue weighted by Gasteiger charge is -2.40. The molecule has 0 fully saturated rings. The molecular formula is C34H34N2. The van der Waals surface area contributed by atoms with Gasteiger partial charge in [0.25, 0.3) is 0 Å². The fourth-order valence-electron chi connectivity index (χ4n) is 4.85. The van der Waals surface area contributed by atoms with E-state index in [1.165, 1.54) is 44.9 Å². The standard InChI is InChI=1S/C34H34N2/c1-25-7-15-29(16-8-25)34(35-30-17-9-26(2)10-18-30)23-5-6-33(24-34)36(31-19-11-27(3)12-20-31)32-21-13-28(4)14-22-32/h5-23,35H,24H2,1-4H3. The summed E-state index contributed by atoms with van der Waals surface area (Å²) in [6.45, 7) is 8.54.